The summed E-state index contributed by atoms with van der Waals surface area (Å²) in [4.78, 5) is 8.46. The summed E-state index contributed by atoms with van der Waals surface area (Å²) in [5, 5.41) is 4.07. The van der Waals surface area contributed by atoms with Crippen molar-refractivity contribution in [3.8, 4) is 0 Å². The van der Waals surface area contributed by atoms with Crippen LogP contribution in [0.5, 0.6) is 0 Å². The molecular weight excluding hydrogens is 230 g/mol. The number of rotatable bonds is 1. The first-order chi connectivity index (χ1) is 6.33. The van der Waals surface area contributed by atoms with Gasteiger partial charge in [0.1, 0.15) is 5.52 Å². The molecule has 0 aliphatic heterocycles. The van der Waals surface area contributed by atoms with Crippen LogP contribution in [0.4, 0.5) is 5.82 Å². The first kappa shape index (κ1) is 8.44. The van der Waals surface area contributed by atoms with E-state index < -0.39 is 0 Å². The third-order valence-electron chi connectivity index (χ3n) is 1.83. The van der Waals surface area contributed by atoms with Crippen LogP contribution in [-0.4, -0.2) is 17.0 Å². The van der Waals surface area contributed by atoms with Crippen molar-refractivity contribution in [3.63, 3.8) is 0 Å². The number of anilines is 1. The van der Waals surface area contributed by atoms with Gasteiger partial charge in [-0.1, -0.05) is 0 Å². The molecule has 0 aliphatic carbocycles. The molecule has 1 N–H and O–H groups in total. The van der Waals surface area contributed by atoms with Crippen LogP contribution in [-0.2, 0) is 0 Å². The van der Waals surface area contributed by atoms with E-state index in [1.807, 2.05) is 19.2 Å². The van der Waals surface area contributed by atoms with Crippen molar-refractivity contribution in [2.45, 2.75) is 0 Å². The maximum absolute atomic E-state index is 4.26. The summed E-state index contributed by atoms with van der Waals surface area (Å²) in [5.74, 6) is 0.804. The Labute approximate surface area is 84.3 Å². The molecule has 2 aromatic rings. The second kappa shape index (κ2) is 3.30. The molecule has 3 nitrogen and oxygen atoms in total. The van der Waals surface area contributed by atoms with Crippen molar-refractivity contribution in [3.05, 3.63) is 29.0 Å². The van der Waals surface area contributed by atoms with E-state index in [4.69, 9.17) is 0 Å². The van der Waals surface area contributed by atoms with E-state index in [0.717, 1.165) is 21.2 Å². The summed E-state index contributed by atoms with van der Waals surface area (Å²) < 4.78 is 0.967. The molecule has 0 aromatic carbocycles. The Morgan fingerprint density at radius 2 is 2.23 bits per heavy atom. The predicted molar refractivity (Wildman–Crippen MR) is 56.8 cm³/mol. The quantitative estimate of drug-likeness (QED) is 0.829. The lowest BCUT2D eigenvalue weighted by atomic mass is 10.2. The fraction of sp³-hybridized carbons (Fsp3) is 0.111. The molecule has 2 aromatic heterocycles. The van der Waals surface area contributed by atoms with Gasteiger partial charge in [0.05, 0.1) is 0 Å². The molecule has 0 amide bonds. The Kier molecular flexibility index (Phi) is 2.14. The summed E-state index contributed by atoms with van der Waals surface area (Å²) in [6.45, 7) is 0. The maximum atomic E-state index is 4.26. The van der Waals surface area contributed by atoms with Gasteiger partial charge in [-0.05, 0) is 28.1 Å². The lowest BCUT2D eigenvalue weighted by Crippen LogP contribution is -1.94. The van der Waals surface area contributed by atoms with Crippen LogP contribution in [0.1, 0.15) is 0 Å². The van der Waals surface area contributed by atoms with Gasteiger partial charge in [-0.25, -0.2) is 4.98 Å². The highest BCUT2D eigenvalue weighted by molar-refractivity contribution is 9.10. The molecule has 4 heteroatoms. The molecule has 0 fully saturated rings. The van der Waals surface area contributed by atoms with Crippen molar-refractivity contribution < 1.29 is 0 Å². The molecule has 66 valence electrons. The van der Waals surface area contributed by atoms with E-state index in [9.17, 15) is 0 Å². The molecule has 0 bridgehead atoms. The Morgan fingerprint density at radius 3 is 3.00 bits per heavy atom. The van der Waals surface area contributed by atoms with E-state index in [1.54, 1.807) is 12.4 Å². The minimum absolute atomic E-state index is 0.804. The first-order valence-corrected chi connectivity index (χ1v) is 4.69. The largest absolute Gasteiger partial charge is 0.371 e. The van der Waals surface area contributed by atoms with Gasteiger partial charge in [-0.2, -0.15) is 0 Å². The number of hydrogen-bond donors (Lipinski definition) is 1. The van der Waals surface area contributed by atoms with E-state index in [-0.39, 0.29) is 0 Å². The lowest BCUT2D eigenvalue weighted by molar-refractivity contribution is 1.27. The third kappa shape index (κ3) is 1.37. The fourth-order valence-electron chi connectivity index (χ4n) is 1.22. The SMILES string of the molecule is CNc1ncc(Br)c2cccnc12. The van der Waals surface area contributed by atoms with Crippen LogP contribution >= 0.6 is 15.9 Å². The second-order valence-corrected chi connectivity index (χ2v) is 3.46. The van der Waals surface area contributed by atoms with Gasteiger partial charge in [0.25, 0.3) is 0 Å². The van der Waals surface area contributed by atoms with Gasteiger partial charge in [-0.15, -0.1) is 0 Å². The fourth-order valence-corrected chi connectivity index (χ4v) is 1.64. The average Bonchev–Trinajstić information content (AvgIpc) is 2.19. The number of halogens is 1. The minimum Gasteiger partial charge on any atom is -0.371 e. The molecule has 0 atom stereocenters. The Balaban J connectivity index is 2.84. The molecule has 2 rings (SSSR count). The molecule has 0 radical (unpaired) electrons. The number of fused-ring (bicyclic) bond motifs is 1. The van der Waals surface area contributed by atoms with E-state index in [1.165, 1.54) is 0 Å². The number of pyridine rings is 2. The van der Waals surface area contributed by atoms with Crippen LogP contribution in [0.15, 0.2) is 29.0 Å². The number of aromatic nitrogens is 2. The van der Waals surface area contributed by atoms with E-state index in [2.05, 4.69) is 31.2 Å². The highest BCUT2D eigenvalue weighted by atomic mass is 79.9. The van der Waals surface area contributed by atoms with Crippen molar-refractivity contribution in [1.29, 1.82) is 0 Å². The van der Waals surface area contributed by atoms with Gasteiger partial charge < -0.3 is 5.32 Å². The molecule has 0 unspecified atom stereocenters. The summed E-state index contributed by atoms with van der Waals surface area (Å²) in [5.41, 5.74) is 0.888. The summed E-state index contributed by atoms with van der Waals surface area (Å²) in [7, 11) is 1.84. The zero-order valence-corrected chi connectivity index (χ0v) is 8.67. The van der Waals surface area contributed by atoms with Crippen molar-refractivity contribution in [2.75, 3.05) is 12.4 Å². The molecular formula is C9H8BrN3. The highest BCUT2D eigenvalue weighted by Gasteiger charge is 2.03. The maximum Gasteiger partial charge on any atom is 0.152 e. The van der Waals surface area contributed by atoms with Crippen LogP contribution in [0.3, 0.4) is 0 Å². The molecule has 0 spiro atoms. The Hall–Kier alpha value is -1.16. The molecule has 2 heterocycles. The van der Waals surface area contributed by atoms with Crippen LogP contribution in [0, 0.1) is 0 Å². The van der Waals surface area contributed by atoms with Crippen molar-refractivity contribution in [2.24, 2.45) is 0 Å². The van der Waals surface area contributed by atoms with E-state index in [0.29, 0.717) is 0 Å². The average molecular weight is 238 g/mol. The molecule has 0 saturated heterocycles. The Morgan fingerprint density at radius 1 is 1.38 bits per heavy atom. The predicted octanol–water partition coefficient (Wildman–Crippen LogP) is 2.43. The monoisotopic (exact) mass is 237 g/mol. The number of nitrogens with zero attached hydrogens (tertiary/aromatic N) is 2. The highest BCUT2D eigenvalue weighted by Crippen LogP contribution is 2.25. The minimum atomic E-state index is 0.804. The van der Waals surface area contributed by atoms with Crippen molar-refractivity contribution >= 4 is 32.7 Å². The van der Waals surface area contributed by atoms with Crippen LogP contribution < -0.4 is 5.32 Å². The van der Waals surface area contributed by atoms with Gasteiger partial charge in [0.15, 0.2) is 5.82 Å². The second-order valence-electron chi connectivity index (χ2n) is 2.60. The van der Waals surface area contributed by atoms with Gasteiger partial charge in [-0.3, -0.25) is 4.98 Å². The van der Waals surface area contributed by atoms with Crippen LogP contribution in [0.25, 0.3) is 10.9 Å². The normalized spacial score (nSPS) is 10.3. The summed E-state index contributed by atoms with van der Waals surface area (Å²) >= 11 is 3.43. The topological polar surface area (TPSA) is 37.8 Å². The third-order valence-corrected chi connectivity index (χ3v) is 2.47. The Bertz CT molecular complexity index is 442. The lowest BCUT2D eigenvalue weighted by Gasteiger charge is -2.04. The summed E-state index contributed by atoms with van der Waals surface area (Å²) in [6, 6.07) is 3.92. The standard InChI is InChI=1S/C9H8BrN3/c1-11-9-8-6(3-2-4-12-8)7(10)5-13-9/h2-5H,1H3,(H,11,13). The van der Waals surface area contributed by atoms with Crippen LogP contribution in [0.2, 0.25) is 0 Å². The number of nitrogens with one attached hydrogen (secondary N) is 1. The zero-order valence-electron chi connectivity index (χ0n) is 7.08. The van der Waals surface area contributed by atoms with E-state index >= 15 is 0 Å². The first-order valence-electron chi connectivity index (χ1n) is 3.90. The van der Waals surface area contributed by atoms with Gasteiger partial charge in [0, 0.05) is 29.3 Å². The zero-order chi connectivity index (χ0) is 9.26. The summed E-state index contributed by atoms with van der Waals surface area (Å²) in [6.07, 6.45) is 3.53. The van der Waals surface area contributed by atoms with Gasteiger partial charge in [0.2, 0.25) is 0 Å². The van der Waals surface area contributed by atoms with Gasteiger partial charge >= 0.3 is 0 Å². The number of hydrogen-bond acceptors (Lipinski definition) is 3. The molecule has 13 heavy (non-hydrogen) atoms. The molecule has 0 aliphatic rings. The smallest absolute Gasteiger partial charge is 0.152 e. The molecule has 0 saturated carbocycles. The van der Waals surface area contributed by atoms with Crippen molar-refractivity contribution in [1.82, 2.24) is 9.97 Å².